The van der Waals surface area contributed by atoms with Crippen LogP contribution in [0.25, 0.3) is 0 Å². The predicted molar refractivity (Wildman–Crippen MR) is 56.0 cm³/mol. The van der Waals surface area contributed by atoms with Gasteiger partial charge in [-0.3, -0.25) is 9.59 Å². The lowest BCUT2D eigenvalue weighted by atomic mass is 9.97. The van der Waals surface area contributed by atoms with E-state index in [-0.39, 0.29) is 0 Å². The molecule has 0 N–H and O–H groups in total. The molecule has 0 amide bonds. The van der Waals surface area contributed by atoms with Crippen LogP contribution < -0.4 is 0 Å². The van der Waals surface area contributed by atoms with Gasteiger partial charge in [0, 0.05) is 11.1 Å². The fourth-order valence-corrected chi connectivity index (χ4v) is 1.56. The van der Waals surface area contributed by atoms with E-state index in [1.807, 2.05) is 26.0 Å². The highest BCUT2D eigenvalue weighted by atomic mass is 16.1. The molecule has 0 saturated carbocycles. The minimum absolute atomic E-state index is 0.704. The van der Waals surface area contributed by atoms with Crippen LogP contribution in [0.2, 0.25) is 0 Å². The largest absolute Gasteiger partial charge is 0.298 e. The van der Waals surface area contributed by atoms with Crippen LogP contribution >= 0.6 is 0 Å². The van der Waals surface area contributed by atoms with Crippen LogP contribution in [0.5, 0.6) is 0 Å². The minimum Gasteiger partial charge on any atom is -0.298 e. The molecule has 0 aliphatic rings. The summed E-state index contributed by atoms with van der Waals surface area (Å²) in [6, 6.07) is 3.63. The van der Waals surface area contributed by atoms with Gasteiger partial charge in [0.2, 0.25) is 0 Å². The molecule has 74 valence electrons. The van der Waals surface area contributed by atoms with Crippen molar-refractivity contribution in [2.75, 3.05) is 0 Å². The van der Waals surface area contributed by atoms with Gasteiger partial charge >= 0.3 is 0 Å². The molecular formula is C12H14O2. The van der Waals surface area contributed by atoms with Crippen molar-refractivity contribution in [2.45, 2.75) is 26.7 Å². The van der Waals surface area contributed by atoms with Crippen LogP contribution in [0.1, 0.15) is 45.7 Å². The molecule has 1 aromatic rings. The third kappa shape index (κ3) is 1.90. The first-order valence-corrected chi connectivity index (χ1v) is 4.82. The monoisotopic (exact) mass is 190 g/mol. The normalized spacial score (nSPS) is 9.86. The average molecular weight is 190 g/mol. The Morgan fingerprint density at radius 1 is 0.929 bits per heavy atom. The summed E-state index contributed by atoms with van der Waals surface area (Å²) in [5, 5.41) is 0. The van der Waals surface area contributed by atoms with E-state index >= 15 is 0 Å². The zero-order chi connectivity index (χ0) is 10.6. The van der Waals surface area contributed by atoms with Crippen LogP contribution in [0, 0.1) is 0 Å². The number of carbonyl (C=O) groups is 2. The number of carbonyl (C=O) groups excluding carboxylic acids is 2. The molecule has 14 heavy (non-hydrogen) atoms. The molecule has 2 heteroatoms. The van der Waals surface area contributed by atoms with Gasteiger partial charge in [0.25, 0.3) is 0 Å². The third-order valence-corrected chi connectivity index (χ3v) is 2.42. The number of hydrogen-bond acceptors (Lipinski definition) is 2. The van der Waals surface area contributed by atoms with Crippen LogP contribution in [-0.2, 0) is 12.8 Å². The molecule has 0 atom stereocenters. The van der Waals surface area contributed by atoms with Gasteiger partial charge in [-0.2, -0.15) is 0 Å². The van der Waals surface area contributed by atoms with Crippen LogP contribution in [0.15, 0.2) is 12.1 Å². The Morgan fingerprint density at radius 2 is 1.29 bits per heavy atom. The van der Waals surface area contributed by atoms with Gasteiger partial charge in [-0.15, -0.1) is 0 Å². The van der Waals surface area contributed by atoms with Gasteiger partial charge in [0.15, 0.2) is 0 Å². The van der Waals surface area contributed by atoms with E-state index in [2.05, 4.69) is 0 Å². The summed E-state index contributed by atoms with van der Waals surface area (Å²) in [5.41, 5.74) is 3.29. The average Bonchev–Trinajstić information content (AvgIpc) is 2.26. The highest BCUT2D eigenvalue weighted by Crippen LogP contribution is 2.16. The first-order chi connectivity index (χ1) is 6.76. The molecule has 0 aliphatic heterocycles. The van der Waals surface area contributed by atoms with Crippen molar-refractivity contribution in [1.29, 1.82) is 0 Å². The Morgan fingerprint density at radius 3 is 1.50 bits per heavy atom. The van der Waals surface area contributed by atoms with Crippen molar-refractivity contribution >= 4 is 12.6 Å². The van der Waals surface area contributed by atoms with Gasteiger partial charge in [0.1, 0.15) is 12.6 Å². The van der Waals surface area contributed by atoms with Crippen LogP contribution in [0.3, 0.4) is 0 Å². The van der Waals surface area contributed by atoms with E-state index in [1.54, 1.807) is 0 Å². The quantitative estimate of drug-likeness (QED) is 0.683. The second kappa shape index (κ2) is 4.70. The molecule has 0 aromatic heterocycles. The predicted octanol–water partition coefficient (Wildman–Crippen LogP) is 2.44. The standard InChI is InChI=1S/C12H14O2/c1-3-9-5-12(8-14)10(4-2)6-11(9)7-13/h5-8H,3-4H2,1-2H3. The van der Waals surface area contributed by atoms with Gasteiger partial charge in [-0.1, -0.05) is 13.8 Å². The second-order valence-corrected chi connectivity index (χ2v) is 3.19. The minimum atomic E-state index is 0.704. The lowest BCUT2D eigenvalue weighted by Crippen LogP contribution is -1.98. The molecule has 0 spiro atoms. The number of rotatable bonds is 4. The fourth-order valence-electron chi connectivity index (χ4n) is 1.56. The van der Waals surface area contributed by atoms with E-state index in [9.17, 15) is 9.59 Å². The van der Waals surface area contributed by atoms with E-state index in [1.165, 1.54) is 0 Å². The van der Waals surface area contributed by atoms with Crippen molar-refractivity contribution in [2.24, 2.45) is 0 Å². The summed E-state index contributed by atoms with van der Waals surface area (Å²) in [7, 11) is 0. The van der Waals surface area contributed by atoms with E-state index in [0.717, 1.165) is 36.5 Å². The summed E-state index contributed by atoms with van der Waals surface area (Å²) in [6.45, 7) is 3.95. The summed E-state index contributed by atoms with van der Waals surface area (Å²) in [6.07, 6.45) is 3.26. The summed E-state index contributed by atoms with van der Waals surface area (Å²) >= 11 is 0. The van der Waals surface area contributed by atoms with E-state index < -0.39 is 0 Å². The zero-order valence-corrected chi connectivity index (χ0v) is 8.54. The molecule has 0 heterocycles. The van der Waals surface area contributed by atoms with Gasteiger partial charge in [0.05, 0.1) is 0 Å². The number of hydrogen-bond donors (Lipinski definition) is 0. The molecule has 0 unspecified atom stereocenters. The van der Waals surface area contributed by atoms with Gasteiger partial charge in [-0.25, -0.2) is 0 Å². The molecular weight excluding hydrogens is 176 g/mol. The first-order valence-electron chi connectivity index (χ1n) is 4.82. The Hall–Kier alpha value is -1.44. The van der Waals surface area contributed by atoms with E-state index in [4.69, 9.17) is 0 Å². The van der Waals surface area contributed by atoms with Crippen LogP contribution in [0.4, 0.5) is 0 Å². The topological polar surface area (TPSA) is 34.1 Å². The molecule has 2 nitrogen and oxygen atoms in total. The van der Waals surface area contributed by atoms with Gasteiger partial charge < -0.3 is 0 Å². The zero-order valence-electron chi connectivity index (χ0n) is 8.54. The number of aryl methyl sites for hydroxylation is 2. The van der Waals surface area contributed by atoms with Crippen molar-refractivity contribution in [3.05, 3.63) is 34.4 Å². The van der Waals surface area contributed by atoms with Crippen molar-refractivity contribution in [1.82, 2.24) is 0 Å². The molecule has 0 radical (unpaired) electrons. The maximum atomic E-state index is 10.8. The molecule has 0 bridgehead atoms. The highest BCUT2D eigenvalue weighted by molar-refractivity contribution is 5.83. The molecule has 0 fully saturated rings. The Balaban J connectivity index is 3.34. The lowest BCUT2D eigenvalue weighted by molar-refractivity contribution is 0.111. The maximum absolute atomic E-state index is 10.8. The van der Waals surface area contributed by atoms with Gasteiger partial charge in [-0.05, 0) is 36.1 Å². The van der Waals surface area contributed by atoms with Crippen molar-refractivity contribution < 1.29 is 9.59 Å². The first kappa shape index (κ1) is 10.6. The van der Waals surface area contributed by atoms with E-state index in [0.29, 0.717) is 11.1 Å². The summed E-state index contributed by atoms with van der Waals surface area (Å²) in [4.78, 5) is 21.5. The van der Waals surface area contributed by atoms with Crippen LogP contribution in [-0.4, -0.2) is 12.6 Å². The smallest absolute Gasteiger partial charge is 0.150 e. The summed E-state index contributed by atoms with van der Waals surface area (Å²) in [5.74, 6) is 0. The van der Waals surface area contributed by atoms with Crippen molar-refractivity contribution in [3.63, 3.8) is 0 Å². The molecule has 1 aromatic carbocycles. The number of aldehydes is 2. The maximum Gasteiger partial charge on any atom is 0.150 e. The molecule has 0 saturated heterocycles. The fraction of sp³-hybridized carbons (Fsp3) is 0.333. The molecule has 1 rings (SSSR count). The molecule has 0 aliphatic carbocycles. The Labute approximate surface area is 83.9 Å². The lowest BCUT2D eigenvalue weighted by Gasteiger charge is -2.07. The van der Waals surface area contributed by atoms with Crippen molar-refractivity contribution in [3.8, 4) is 0 Å². The second-order valence-electron chi connectivity index (χ2n) is 3.19. The number of benzene rings is 1. The third-order valence-electron chi connectivity index (χ3n) is 2.42. The highest BCUT2D eigenvalue weighted by Gasteiger charge is 2.06. The summed E-state index contributed by atoms with van der Waals surface area (Å²) < 4.78 is 0. The Kier molecular flexibility index (Phi) is 3.57. The Bertz CT molecular complexity index is 318. The SMILES string of the molecule is CCc1cc(C=O)c(CC)cc1C=O.